The van der Waals surface area contributed by atoms with Gasteiger partial charge in [0.25, 0.3) is 5.56 Å². The number of aromatic nitrogens is 2. The topological polar surface area (TPSA) is 93.7 Å². The van der Waals surface area contributed by atoms with E-state index < -0.39 is 24.1 Å². The molecule has 1 aromatic rings. The number of halogens is 1. The number of ether oxygens (including phenoxy) is 1. The van der Waals surface area contributed by atoms with E-state index in [4.69, 9.17) is 9.84 Å². The summed E-state index contributed by atoms with van der Waals surface area (Å²) in [6, 6.07) is 0. The lowest BCUT2D eigenvalue weighted by atomic mass is 10.2. The van der Waals surface area contributed by atoms with Gasteiger partial charge in [0.1, 0.15) is 12.3 Å². The third-order valence-electron chi connectivity index (χ3n) is 2.96. The van der Waals surface area contributed by atoms with Crippen molar-refractivity contribution in [3.8, 4) is 0 Å². The lowest BCUT2D eigenvalue weighted by Gasteiger charge is -2.15. The van der Waals surface area contributed by atoms with Crippen LogP contribution in [0, 0.1) is 3.57 Å². The van der Waals surface area contributed by atoms with Crippen LogP contribution in [0.15, 0.2) is 15.8 Å². The van der Waals surface area contributed by atoms with Crippen LogP contribution >= 0.6 is 22.6 Å². The fourth-order valence-electron chi connectivity index (χ4n) is 1.91. The summed E-state index contributed by atoms with van der Waals surface area (Å²) in [5.41, 5.74) is -0.870. The molecule has 8 heteroatoms. The van der Waals surface area contributed by atoms with Crippen molar-refractivity contribution in [2.45, 2.75) is 24.9 Å². The van der Waals surface area contributed by atoms with E-state index in [-0.39, 0.29) is 18.6 Å². The highest BCUT2D eigenvalue weighted by Crippen LogP contribution is 2.27. The van der Waals surface area contributed by atoms with Gasteiger partial charge in [-0.3, -0.25) is 13.9 Å². The van der Waals surface area contributed by atoms with Crippen LogP contribution in [0.3, 0.4) is 0 Å². The van der Waals surface area contributed by atoms with Crippen LogP contribution in [-0.4, -0.2) is 38.2 Å². The van der Waals surface area contributed by atoms with E-state index in [2.05, 4.69) is 0 Å². The molecule has 0 bridgehead atoms. The van der Waals surface area contributed by atoms with Crippen LogP contribution in [-0.2, 0) is 11.8 Å². The Kier molecular flexibility index (Phi) is 3.90. The average Bonchev–Trinajstić information content (AvgIpc) is 2.72. The molecule has 2 unspecified atom stereocenters. The minimum Gasteiger partial charge on any atom is -0.394 e. The molecule has 2 heterocycles. The van der Waals surface area contributed by atoms with Gasteiger partial charge in [-0.25, -0.2) is 4.79 Å². The van der Waals surface area contributed by atoms with Crippen molar-refractivity contribution in [1.29, 1.82) is 0 Å². The number of aliphatic hydroxyl groups is 2. The molecule has 18 heavy (non-hydrogen) atoms. The van der Waals surface area contributed by atoms with Crippen molar-refractivity contribution in [3.63, 3.8) is 0 Å². The monoisotopic (exact) mass is 368 g/mol. The molecule has 0 spiro atoms. The Morgan fingerprint density at radius 3 is 2.78 bits per heavy atom. The predicted octanol–water partition coefficient (Wildman–Crippen LogP) is -1.21. The molecular weight excluding hydrogens is 355 g/mol. The lowest BCUT2D eigenvalue weighted by Crippen LogP contribution is -2.40. The van der Waals surface area contributed by atoms with Crippen molar-refractivity contribution in [3.05, 3.63) is 30.6 Å². The fraction of sp³-hybridized carbons (Fsp3) is 0.600. The highest BCUT2D eigenvalue weighted by atomic mass is 127. The van der Waals surface area contributed by atoms with E-state index in [1.165, 1.54) is 17.8 Å². The fourth-order valence-corrected chi connectivity index (χ4v) is 2.57. The summed E-state index contributed by atoms with van der Waals surface area (Å²) >= 11 is 1.84. The molecule has 1 fully saturated rings. The Labute approximate surface area is 116 Å². The van der Waals surface area contributed by atoms with E-state index in [1.54, 1.807) is 0 Å². The summed E-state index contributed by atoms with van der Waals surface area (Å²) < 4.78 is 8.03. The van der Waals surface area contributed by atoms with Crippen LogP contribution in [0.2, 0.25) is 0 Å². The quantitative estimate of drug-likeness (QED) is 0.640. The summed E-state index contributed by atoms with van der Waals surface area (Å²) in [7, 11) is 1.39. The maximum absolute atomic E-state index is 11.9. The maximum atomic E-state index is 11.9. The number of aliphatic hydroxyl groups excluding tert-OH is 2. The molecule has 0 aliphatic carbocycles. The van der Waals surface area contributed by atoms with Gasteiger partial charge in [0, 0.05) is 19.7 Å². The Morgan fingerprint density at radius 2 is 2.22 bits per heavy atom. The second-order valence-corrected chi connectivity index (χ2v) is 5.31. The summed E-state index contributed by atoms with van der Waals surface area (Å²) in [4.78, 5) is 23.5. The molecular formula is C10H13IN2O5. The Balaban J connectivity index is 2.42. The van der Waals surface area contributed by atoms with Gasteiger partial charge in [0.15, 0.2) is 0 Å². The molecule has 1 aromatic heterocycles. The normalized spacial score (nSPS) is 27.7. The van der Waals surface area contributed by atoms with Gasteiger partial charge in [0.2, 0.25) is 0 Å². The number of hydrogen-bond donors (Lipinski definition) is 2. The Bertz CT molecular complexity index is 566. The molecule has 0 aromatic carbocycles. The summed E-state index contributed by atoms with van der Waals surface area (Å²) in [6.45, 7) is -0.310. The molecule has 0 amide bonds. The average molecular weight is 368 g/mol. The van der Waals surface area contributed by atoms with Crippen LogP contribution in [0.5, 0.6) is 0 Å². The van der Waals surface area contributed by atoms with Crippen molar-refractivity contribution in [1.82, 2.24) is 9.13 Å². The highest BCUT2D eigenvalue weighted by Gasteiger charge is 2.35. The Morgan fingerprint density at radius 1 is 1.56 bits per heavy atom. The lowest BCUT2D eigenvalue weighted by molar-refractivity contribution is -0.0463. The van der Waals surface area contributed by atoms with Crippen molar-refractivity contribution >= 4 is 22.6 Å². The molecule has 2 N–H and O–H groups in total. The molecule has 7 nitrogen and oxygen atoms in total. The standard InChI is InChI=1S/C10H13IN2O5/c1-12-9(16)5(11)3-13(10(12)17)8-2-6(15)7(4-14)18-8/h3,6-8,14-15H,2,4H2,1H3/t6-,7?,8?/m1/s1. The first-order chi connectivity index (χ1) is 8.45. The zero-order valence-corrected chi connectivity index (χ0v) is 11.8. The van der Waals surface area contributed by atoms with Gasteiger partial charge in [-0.15, -0.1) is 0 Å². The first-order valence-electron chi connectivity index (χ1n) is 5.37. The molecule has 0 radical (unpaired) electrons. The van der Waals surface area contributed by atoms with Gasteiger partial charge in [0.05, 0.1) is 16.3 Å². The largest absolute Gasteiger partial charge is 0.394 e. The van der Waals surface area contributed by atoms with Gasteiger partial charge in [-0.05, 0) is 22.6 Å². The molecule has 1 aliphatic rings. The van der Waals surface area contributed by atoms with Crippen LogP contribution < -0.4 is 11.2 Å². The van der Waals surface area contributed by atoms with Gasteiger partial charge in [-0.2, -0.15) is 0 Å². The Hall–Kier alpha value is -0.710. The van der Waals surface area contributed by atoms with Crippen molar-refractivity contribution in [2.75, 3.05) is 6.61 Å². The van der Waals surface area contributed by atoms with Crippen LogP contribution in [0.25, 0.3) is 0 Å². The molecule has 0 saturated carbocycles. The van der Waals surface area contributed by atoms with Gasteiger partial charge in [-0.1, -0.05) is 0 Å². The SMILES string of the molecule is Cn1c(=O)c(I)cn(C2C[C@@H](O)C(CO)O2)c1=O. The zero-order chi connectivity index (χ0) is 13.4. The van der Waals surface area contributed by atoms with E-state index in [1.807, 2.05) is 22.6 Å². The molecule has 1 aliphatic heterocycles. The number of hydrogen-bond acceptors (Lipinski definition) is 5. The second-order valence-electron chi connectivity index (χ2n) is 4.15. The van der Waals surface area contributed by atoms with Gasteiger partial charge < -0.3 is 14.9 Å². The summed E-state index contributed by atoms with van der Waals surface area (Å²) in [5.74, 6) is 0. The predicted molar refractivity (Wildman–Crippen MR) is 70.3 cm³/mol. The smallest absolute Gasteiger partial charge is 0.332 e. The van der Waals surface area contributed by atoms with Crippen molar-refractivity contribution in [2.24, 2.45) is 7.05 Å². The third kappa shape index (κ3) is 2.25. The third-order valence-corrected chi connectivity index (χ3v) is 3.70. The van der Waals surface area contributed by atoms with Crippen LogP contribution in [0.1, 0.15) is 12.6 Å². The molecule has 100 valence electrons. The number of rotatable bonds is 2. The van der Waals surface area contributed by atoms with E-state index >= 15 is 0 Å². The summed E-state index contributed by atoms with van der Waals surface area (Å²) in [6.07, 6.45) is -0.564. The molecule has 1 saturated heterocycles. The zero-order valence-electron chi connectivity index (χ0n) is 9.62. The van der Waals surface area contributed by atoms with E-state index in [0.717, 1.165) is 4.57 Å². The van der Waals surface area contributed by atoms with E-state index in [0.29, 0.717) is 3.57 Å². The van der Waals surface area contributed by atoms with Gasteiger partial charge >= 0.3 is 5.69 Å². The summed E-state index contributed by atoms with van der Waals surface area (Å²) in [5, 5.41) is 18.6. The van der Waals surface area contributed by atoms with Crippen molar-refractivity contribution < 1.29 is 14.9 Å². The second kappa shape index (κ2) is 5.11. The number of nitrogens with zero attached hydrogens (tertiary/aromatic N) is 2. The minimum absolute atomic E-state index is 0.208. The molecule has 3 atom stereocenters. The molecule has 2 rings (SSSR count). The highest BCUT2D eigenvalue weighted by molar-refractivity contribution is 14.1. The van der Waals surface area contributed by atoms with E-state index in [9.17, 15) is 14.7 Å². The van der Waals surface area contributed by atoms with Crippen LogP contribution in [0.4, 0.5) is 0 Å². The minimum atomic E-state index is -0.818. The first-order valence-corrected chi connectivity index (χ1v) is 6.45. The first kappa shape index (κ1) is 13.7. The maximum Gasteiger partial charge on any atom is 0.332 e.